The molecule has 0 bridgehead atoms. The molecule has 1 rings (SSSR count). The Kier molecular flexibility index (Phi) is 6.15. The van der Waals surface area contributed by atoms with Crippen LogP contribution in [0.5, 0.6) is 0 Å². The smallest absolute Gasteiger partial charge is 0.379 e. The van der Waals surface area contributed by atoms with Gasteiger partial charge in [-0.3, -0.25) is 4.90 Å². The van der Waals surface area contributed by atoms with Crippen molar-refractivity contribution in [3.8, 4) is 0 Å². The predicted octanol–water partition coefficient (Wildman–Crippen LogP) is 2.56. The Hall–Kier alpha value is -0.470. The average Bonchev–Trinajstić information content (AvgIpc) is 2.33. The van der Waals surface area contributed by atoms with Gasteiger partial charge in [-0.25, -0.2) is 0 Å². The molecule has 1 saturated heterocycles. The summed E-state index contributed by atoms with van der Waals surface area (Å²) < 4.78 is 73.7. The van der Waals surface area contributed by atoms with Gasteiger partial charge in [-0.15, -0.1) is 0 Å². The summed E-state index contributed by atoms with van der Waals surface area (Å²) >= 11 is 0. The van der Waals surface area contributed by atoms with Crippen molar-refractivity contribution < 1.29 is 31.4 Å². The van der Waals surface area contributed by atoms with Crippen molar-refractivity contribution in [2.75, 3.05) is 39.5 Å². The number of morpholine rings is 1. The highest BCUT2D eigenvalue weighted by Gasteiger charge is 2.63. The van der Waals surface area contributed by atoms with E-state index < -0.39 is 24.1 Å². The van der Waals surface area contributed by atoms with Crippen molar-refractivity contribution in [3.05, 3.63) is 0 Å². The zero-order chi connectivity index (χ0) is 15.4. The van der Waals surface area contributed by atoms with Gasteiger partial charge in [0, 0.05) is 19.6 Å². The molecule has 1 atom stereocenters. The van der Waals surface area contributed by atoms with Crippen LogP contribution in [0.15, 0.2) is 0 Å². The van der Waals surface area contributed by atoms with E-state index in [9.17, 15) is 22.0 Å². The molecule has 0 aromatic heterocycles. The topological polar surface area (TPSA) is 21.7 Å². The standard InChI is InChI=1S/C12H20F5NO2/c1-9(2)10(11(13,14)12(15,16)17)20-8-5-18-3-6-19-7-4-18/h9-10H,3-8H2,1-2H3. The first-order valence-corrected chi connectivity index (χ1v) is 6.52. The number of alkyl halides is 5. The Bertz CT molecular complexity index is 290. The fourth-order valence-electron chi connectivity index (χ4n) is 2.01. The second-order valence-corrected chi connectivity index (χ2v) is 5.11. The molecule has 8 heteroatoms. The third-order valence-corrected chi connectivity index (χ3v) is 3.15. The molecule has 1 unspecified atom stereocenters. The molecule has 0 spiro atoms. The van der Waals surface area contributed by atoms with Crippen LogP contribution in [-0.4, -0.2) is 62.6 Å². The molecule has 0 radical (unpaired) electrons. The van der Waals surface area contributed by atoms with Gasteiger partial charge in [0.25, 0.3) is 0 Å². The molecule has 0 N–H and O–H groups in total. The molecule has 0 saturated carbocycles. The number of hydrogen-bond acceptors (Lipinski definition) is 3. The van der Waals surface area contributed by atoms with E-state index in [1.54, 1.807) is 0 Å². The van der Waals surface area contributed by atoms with Crippen LogP contribution in [0.25, 0.3) is 0 Å². The first-order valence-electron chi connectivity index (χ1n) is 6.52. The molecule has 3 nitrogen and oxygen atoms in total. The van der Waals surface area contributed by atoms with Gasteiger partial charge in [0.2, 0.25) is 0 Å². The Morgan fingerprint density at radius 1 is 1.10 bits per heavy atom. The number of halogens is 5. The minimum Gasteiger partial charge on any atom is -0.379 e. The lowest BCUT2D eigenvalue weighted by atomic mass is 10.0. The van der Waals surface area contributed by atoms with Crippen molar-refractivity contribution >= 4 is 0 Å². The molecule has 0 amide bonds. The van der Waals surface area contributed by atoms with Crippen LogP contribution in [-0.2, 0) is 9.47 Å². The third-order valence-electron chi connectivity index (χ3n) is 3.15. The SMILES string of the molecule is CC(C)C(OCCN1CCOCC1)C(F)(F)C(F)(F)F. The molecule has 0 aliphatic carbocycles. The first kappa shape index (κ1) is 17.6. The third kappa shape index (κ3) is 4.53. The van der Waals surface area contributed by atoms with Crippen LogP contribution >= 0.6 is 0 Å². The Morgan fingerprint density at radius 2 is 1.65 bits per heavy atom. The largest absolute Gasteiger partial charge is 0.456 e. The highest BCUT2D eigenvalue weighted by Crippen LogP contribution is 2.41. The van der Waals surface area contributed by atoms with Crippen molar-refractivity contribution in [2.45, 2.75) is 32.1 Å². The summed E-state index contributed by atoms with van der Waals surface area (Å²) in [7, 11) is 0. The van der Waals surface area contributed by atoms with Crippen LogP contribution < -0.4 is 0 Å². The van der Waals surface area contributed by atoms with E-state index in [0.29, 0.717) is 32.8 Å². The van der Waals surface area contributed by atoms with E-state index >= 15 is 0 Å². The Morgan fingerprint density at radius 3 is 2.10 bits per heavy atom. The summed E-state index contributed by atoms with van der Waals surface area (Å²) in [5.41, 5.74) is 0. The van der Waals surface area contributed by atoms with E-state index in [-0.39, 0.29) is 6.61 Å². The van der Waals surface area contributed by atoms with E-state index in [4.69, 9.17) is 9.47 Å². The molecule has 120 valence electrons. The fraction of sp³-hybridized carbons (Fsp3) is 1.00. The van der Waals surface area contributed by atoms with Gasteiger partial charge in [-0.2, -0.15) is 22.0 Å². The lowest BCUT2D eigenvalue weighted by Gasteiger charge is -2.32. The van der Waals surface area contributed by atoms with Crippen LogP contribution in [0.2, 0.25) is 0 Å². The molecule has 1 aliphatic heterocycles. The molecule has 20 heavy (non-hydrogen) atoms. The van der Waals surface area contributed by atoms with Crippen LogP contribution in [0.4, 0.5) is 22.0 Å². The van der Waals surface area contributed by atoms with Crippen molar-refractivity contribution in [2.24, 2.45) is 5.92 Å². The maximum Gasteiger partial charge on any atom is 0.456 e. The predicted molar refractivity (Wildman–Crippen MR) is 62.8 cm³/mol. The summed E-state index contributed by atoms with van der Waals surface area (Å²) in [6, 6.07) is 0. The first-order chi connectivity index (χ1) is 9.16. The lowest BCUT2D eigenvalue weighted by Crippen LogP contribution is -2.51. The Balaban J connectivity index is 2.51. The van der Waals surface area contributed by atoms with Crippen molar-refractivity contribution in [1.29, 1.82) is 0 Å². The summed E-state index contributed by atoms with van der Waals surface area (Å²) in [6.07, 6.45) is -7.76. The maximum atomic E-state index is 13.3. The molecule has 1 aliphatic rings. The lowest BCUT2D eigenvalue weighted by molar-refractivity contribution is -0.324. The summed E-state index contributed by atoms with van der Waals surface area (Å²) in [5, 5.41) is 0. The molecule has 0 aromatic carbocycles. The van der Waals surface area contributed by atoms with Gasteiger partial charge in [-0.05, 0) is 5.92 Å². The summed E-state index contributed by atoms with van der Waals surface area (Å²) in [6.45, 7) is 5.07. The fourth-order valence-corrected chi connectivity index (χ4v) is 2.01. The number of ether oxygens (including phenoxy) is 2. The number of nitrogens with zero attached hydrogens (tertiary/aromatic N) is 1. The number of hydrogen-bond donors (Lipinski definition) is 0. The quantitative estimate of drug-likeness (QED) is 0.704. The second-order valence-electron chi connectivity index (χ2n) is 5.11. The van der Waals surface area contributed by atoms with Crippen LogP contribution in [0.3, 0.4) is 0 Å². The zero-order valence-electron chi connectivity index (χ0n) is 11.6. The molecule has 1 fully saturated rings. The van der Waals surface area contributed by atoms with E-state index in [1.807, 2.05) is 4.90 Å². The van der Waals surface area contributed by atoms with Crippen LogP contribution in [0, 0.1) is 5.92 Å². The zero-order valence-corrected chi connectivity index (χ0v) is 11.6. The summed E-state index contributed by atoms with van der Waals surface area (Å²) in [5.74, 6) is -5.78. The average molecular weight is 305 g/mol. The van der Waals surface area contributed by atoms with Gasteiger partial charge in [0.15, 0.2) is 0 Å². The monoisotopic (exact) mass is 305 g/mol. The molecule has 0 aromatic rings. The van der Waals surface area contributed by atoms with Crippen LogP contribution in [0.1, 0.15) is 13.8 Å². The van der Waals surface area contributed by atoms with Gasteiger partial charge < -0.3 is 9.47 Å². The van der Waals surface area contributed by atoms with E-state index in [2.05, 4.69) is 0 Å². The maximum absolute atomic E-state index is 13.3. The normalized spacial score (nSPS) is 20.4. The second kappa shape index (κ2) is 7.00. The molecular weight excluding hydrogens is 285 g/mol. The number of rotatable bonds is 6. The minimum atomic E-state index is -5.60. The minimum absolute atomic E-state index is 0.158. The van der Waals surface area contributed by atoms with Crippen molar-refractivity contribution in [3.63, 3.8) is 0 Å². The van der Waals surface area contributed by atoms with Gasteiger partial charge in [0.05, 0.1) is 19.8 Å². The van der Waals surface area contributed by atoms with Gasteiger partial charge in [0.1, 0.15) is 6.10 Å². The van der Waals surface area contributed by atoms with Gasteiger partial charge >= 0.3 is 12.1 Å². The Labute approximate surface area is 115 Å². The van der Waals surface area contributed by atoms with E-state index in [0.717, 1.165) is 0 Å². The molecular formula is C12H20F5NO2. The van der Waals surface area contributed by atoms with E-state index in [1.165, 1.54) is 13.8 Å². The highest BCUT2D eigenvalue weighted by atomic mass is 19.4. The van der Waals surface area contributed by atoms with Gasteiger partial charge in [-0.1, -0.05) is 13.8 Å². The highest BCUT2D eigenvalue weighted by molar-refractivity contribution is 4.87. The summed E-state index contributed by atoms with van der Waals surface area (Å²) in [4.78, 5) is 1.91. The van der Waals surface area contributed by atoms with Crippen molar-refractivity contribution in [1.82, 2.24) is 4.90 Å². The molecule has 1 heterocycles.